The zero-order valence-corrected chi connectivity index (χ0v) is 8.54. The zero-order chi connectivity index (χ0) is 9.54. The normalized spacial score (nSPS) is 36.1. The summed E-state index contributed by atoms with van der Waals surface area (Å²) in [5.74, 6) is 2.65. The minimum absolute atomic E-state index is 0.418. The molecular formula is C11H18N2O. The van der Waals surface area contributed by atoms with E-state index in [9.17, 15) is 4.79 Å². The molecule has 1 amide bonds. The molecule has 2 aliphatic heterocycles. The summed E-state index contributed by atoms with van der Waals surface area (Å²) in [6.45, 7) is 4.28. The molecule has 1 N–H and O–H groups in total. The van der Waals surface area contributed by atoms with Gasteiger partial charge in [-0.2, -0.15) is 0 Å². The number of hydrogen-bond acceptors (Lipinski definition) is 2. The molecule has 0 radical (unpaired) electrons. The Hall–Kier alpha value is -0.570. The van der Waals surface area contributed by atoms with E-state index in [0.29, 0.717) is 5.91 Å². The Morgan fingerprint density at radius 1 is 1.21 bits per heavy atom. The molecule has 78 valence electrons. The van der Waals surface area contributed by atoms with E-state index in [1.807, 2.05) is 0 Å². The molecule has 0 aromatic heterocycles. The lowest BCUT2D eigenvalue weighted by Crippen LogP contribution is -2.31. The summed E-state index contributed by atoms with van der Waals surface area (Å²) in [7, 11) is 0. The molecule has 0 spiro atoms. The largest absolute Gasteiger partial charge is 0.342 e. The zero-order valence-electron chi connectivity index (χ0n) is 8.54. The van der Waals surface area contributed by atoms with E-state index in [2.05, 4.69) is 10.2 Å². The number of carbonyl (C=O) groups is 1. The molecule has 2 atom stereocenters. The van der Waals surface area contributed by atoms with Crippen LogP contribution in [0.1, 0.15) is 19.3 Å². The van der Waals surface area contributed by atoms with E-state index in [1.165, 1.54) is 12.8 Å². The third-order valence-corrected chi connectivity index (χ3v) is 3.90. The van der Waals surface area contributed by atoms with Crippen LogP contribution >= 0.6 is 0 Å². The number of rotatable bonds is 2. The molecule has 3 nitrogen and oxygen atoms in total. The second kappa shape index (κ2) is 3.23. The molecule has 1 aliphatic carbocycles. The molecule has 0 bridgehead atoms. The lowest BCUT2D eigenvalue weighted by molar-refractivity contribution is -0.130. The van der Waals surface area contributed by atoms with Gasteiger partial charge >= 0.3 is 0 Å². The van der Waals surface area contributed by atoms with E-state index in [0.717, 1.165) is 50.4 Å². The molecule has 3 heteroatoms. The van der Waals surface area contributed by atoms with Gasteiger partial charge in [0.1, 0.15) is 0 Å². The highest BCUT2D eigenvalue weighted by Gasteiger charge is 2.38. The van der Waals surface area contributed by atoms with Crippen LogP contribution in [-0.2, 0) is 4.79 Å². The number of amides is 1. The minimum atomic E-state index is 0.418. The van der Waals surface area contributed by atoms with Crippen LogP contribution in [-0.4, -0.2) is 37.0 Å². The molecule has 2 heterocycles. The van der Waals surface area contributed by atoms with Gasteiger partial charge in [0, 0.05) is 32.6 Å². The summed E-state index contributed by atoms with van der Waals surface area (Å²) in [5, 5.41) is 3.40. The number of carbonyl (C=O) groups excluding carboxylic acids is 1. The predicted octanol–water partition coefficient (Wildman–Crippen LogP) is 0.464. The number of likely N-dealkylation sites (tertiary alicyclic amines) is 1. The molecule has 0 unspecified atom stereocenters. The molecule has 3 rings (SSSR count). The van der Waals surface area contributed by atoms with Gasteiger partial charge in [-0.1, -0.05) is 0 Å². The van der Waals surface area contributed by atoms with E-state index in [1.54, 1.807) is 0 Å². The highest BCUT2D eigenvalue weighted by molar-refractivity contribution is 5.77. The fraction of sp³-hybridized carbons (Fsp3) is 0.909. The van der Waals surface area contributed by atoms with Gasteiger partial charge in [0.25, 0.3) is 0 Å². The molecule has 0 aromatic rings. The second-order valence-electron chi connectivity index (χ2n) is 5.12. The number of fused-ring (bicyclic) bond motifs is 1. The van der Waals surface area contributed by atoms with E-state index in [4.69, 9.17) is 0 Å². The minimum Gasteiger partial charge on any atom is -0.342 e. The maximum absolute atomic E-state index is 11.8. The van der Waals surface area contributed by atoms with Crippen LogP contribution in [0.5, 0.6) is 0 Å². The molecule has 3 aliphatic rings. The Labute approximate surface area is 84.8 Å². The third-order valence-electron chi connectivity index (χ3n) is 3.90. The SMILES string of the molecule is O=C(CC1CC1)N1C[C@H]2CNC[C@H]2C1. The van der Waals surface area contributed by atoms with Crippen LogP contribution in [0.15, 0.2) is 0 Å². The highest BCUT2D eigenvalue weighted by Crippen LogP contribution is 2.34. The van der Waals surface area contributed by atoms with Gasteiger partial charge < -0.3 is 10.2 Å². The summed E-state index contributed by atoms with van der Waals surface area (Å²) in [4.78, 5) is 13.9. The number of hydrogen-bond donors (Lipinski definition) is 1. The first-order valence-corrected chi connectivity index (χ1v) is 5.81. The van der Waals surface area contributed by atoms with E-state index >= 15 is 0 Å². The summed E-state index contributed by atoms with van der Waals surface area (Å²) in [6.07, 6.45) is 3.40. The molecule has 1 saturated carbocycles. The van der Waals surface area contributed by atoms with Crippen LogP contribution in [0, 0.1) is 17.8 Å². The van der Waals surface area contributed by atoms with Crippen molar-refractivity contribution in [1.82, 2.24) is 10.2 Å². The first kappa shape index (κ1) is 8.72. The van der Waals surface area contributed by atoms with Crippen molar-refractivity contribution in [2.75, 3.05) is 26.2 Å². The van der Waals surface area contributed by atoms with Crippen LogP contribution in [0.4, 0.5) is 0 Å². The van der Waals surface area contributed by atoms with Crippen LogP contribution in [0.3, 0.4) is 0 Å². The van der Waals surface area contributed by atoms with Crippen LogP contribution < -0.4 is 5.32 Å². The van der Waals surface area contributed by atoms with Crippen molar-refractivity contribution in [3.05, 3.63) is 0 Å². The van der Waals surface area contributed by atoms with Crippen molar-refractivity contribution >= 4 is 5.91 Å². The van der Waals surface area contributed by atoms with Gasteiger partial charge in [-0.05, 0) is 30.6 Å². The van der Waals surface area contributed by atoms with Crippen molar-refractivity contribution in [2.45, 2.75) is 19.3 Å². The van der Waals surface area contributed by atoms with Gasteiger partial charge in [0.2, 0.25) is 5.91 Å². The maximum Gasteiger partial charge on any atom is 0.222 e. The highest BCUT2D eigenvalue weighted by atomic mass is 16.2. The summed E-state index contributed by atoms with van der Waals surface area (Å²) in [6, 6.07) is 0. The molecule has 14 heavy (non-hydrogen) atoms. The Bertz CT molecular complexity index is 238. The predicted molar refractivity (Wildman–Crippen MR) is 53.8 cm³/mol. The molecule has 3 fully saturated rings. The van der Waals surface area contributed by atoms with E-state index in [-0.39, 0.29) is 0 Å². The quantitative estimate of drug-likeness (QED) is 0.693. The average molecular weight is 194 g/mol. The average Bonchev–Trinajstić information content (AvgIpc) is 2.73. The van der Waals surface area contributed by atoms with Gasteiger partial charge in [-0.3, -0.25) is 4.79 Å². The monoisotopic (exact) mass is 194 g/mol. The Balaban J connectivity index is 1.56. The lowest BCUT2D eigenvalue weighted by atomic mass is 10.0. The van der Waals surface area contributed by atoms with Crippen LogP contribution in [0.25, 0.3) is 0 Å². The summed E-state index contributed by atoms with van der Waals surface area (Å²) in [5.41, 5.74) is 0. The van der Waals surface area contributed by atoms with Crippen molar-refractivity contribution in [2.24, 2.45) is 17.8 Å². The molecule has 2 saturated heterocycles. The standard InChI is InChI=1S/C11H18N2O/c14-11(3-8-1-2-8)13-6-9-4-12-5-10(9)7-13/h8-10,12H,1-7H2/t9-,10+. The summed E-state index contributed by atoms with van der Waals surface area (Å²) >= 11 is 0. The Morgan fingerprint density at radius 2 is 1.86 bits per heavy atom. The maximum atomic E-state index is 11.8. The van der Waals surface area contributed by atoms with Crippen molar-refractivity contribution in [3.63, 3.8) is 0 Å². The Morgan fingerprint density at radius 3 is 2.43 bits per heavy atom. The van der Waals surface area contributed by atoms with E-state index < -0.39 is 0 Å². The van der Waals surface area contributed by atoms with Crippen molar-refractivity contribution in [3.8, 4) is 0 Å². The topological polar surface area (TPSA) is 32.3 Å². The first-order valence-electron chi connectivity index (χ1n) is 5.81. The first-order chi connectivity index (χ1) is 6.83. The third kappa shape index (κ3) is 1.54. The van der Waals surface area contributed by atoms with Crippen LogP contribution in [0.2, 0.25) is 0 Å². The molecule has 0 aromatic carbocycles. The fourth-order valence-corrected chi connectivity index (χ4v) is 2.76. The number of nitrogens with one attached hydrogen (secondary N) is 1. The number of nitrogens with zero attached hydrogens (tertiary/aromatic N) is 1. The van der Waals surface area contributed by atoms with Gasteiger partial charge in [-0.15, -0.1) is 0 Å². The summed E-state index contributed by atoms with van der Waals surface area (Å²) < 4.78 is 0. The van der Waals surface area contributed by atoms with Gasteiger partial charge in [0.15, 0.2) is 0 Å². The Kier molecular flexibility index (Phi) is 2.01. The second-order valence-corrected chi connectivity index (χ2v) is 5.12. The van der Waals surface area contributed by atoms with Gasteiger partial charge in [-0.25, -0.2) is 0 Å². The van der Waals surface area contributed by atoms with Gasteiger partial charge in [0.05, 0.1) is 0 Å². The fourth-order valence-electron chi connectivity index (χ4n) is 2.76. The molecular weight excluding hydrogens is 176 g/mol. The lowest BCUT2D eigenvalue weighted by Gasteiger charge is -2.17. The smallest absolute Gasteiger partial charge is 0.222 e. The van der Waals surface area contributed by atoms with Crippen molar-refractivity contribution in [1.29, 1.82) is 0 Å². The van der Waals surface area contributed by atoms with Crippen molar-refractivity contribution < 1.29 is 4.79 Å².